The fraction of sp³-hybridized carbons (Fsp3) is 0.364. The molecule has 0 saturated heterocycles. The van der Waals surface area contributed by atoms with E-state index in [2.05, 4.69) is 0 Å². The molecule has 0 aliphatic carbocycles. The van der Waals surface area contributed by atoms with E-state index in [1.165, 1.54) is 25.2 Å². The molecule has 9 heteroatoms. The molecular weight excluding hydrogens is 306 g/mol. The quantitative estimate of drug-likeness (QED) is 0.822. The van der Waals surface area contributed by atoms with Crippen molar-refractivity contribution in [2.24, 2.45) is 0 Å². The molecule has 1 rings (SSSR count). The molecule has 20 heavy (non-hydrogen) atoms. The molecule has 7 nitrogen and oxygen atoms in total. The van der Waals surface area contributed by atoms with Crippen molar-refractivity contribution < 1.29 is 17.9 Å². The van der Waals surface area contributed by atoms with E-state index < -0.39 is 22.4 Å². The van der Waals surface area contributed by atoms with Gasteiger partial charge in [0.2, 0.25) is 0 Å². The van der Waals surface area contributed by atoms with Gasteiger partial charge in [-0.15, -0.1) is 0 Å². The van der Waals surface area contributed by atoms with Crippen LogP contribution in [-0.4, -0.2) is 27.7 Å². The lowest BCUT2D eigenvalue weighted by Gasteiger charge is -2.21. The number of nitrogen functional groups attached to an aromatic ring is 1. The fourth-order valence-corrected chi connectivity index (χ4v) is 2.31. The van der Waals surface area contributed by atoms with E-state index in [0.29, 0.717) is 5.02 Å². The Morgan fingerprint density at radius 2 is 2.05 bits per heavy atom. The van der Waals surface area contributed by atoms with Crippen molar-refractivity contribution in [1.29, 1.82) is 0 Å². The van der Waals surface area contributed by atoms with Crippen LogP contribution in [0.3, 0.4) is 0 Å². The maximum atomic E-state index is 12.0. The van der Waals surface area contributed by atoms with Crippen molar-refractivity contribution in [3.05, 3.63) is 23.2 Å². The molecule has 0 saturated carbocycles. The number of hydrogen-bond acceptors (Lipinski definition) is 5. The van der Waals surface area contributed by atoms with E-state index in [-0.39, 0.29) is 11.4 Å². The number of ether oxygens (including phenoxy) is 1. The van der Waals surface area contributed by atoms with Gasteiger partial charge in [0.25, 0.3) is 0 Å². The first-order valence-electron chi connectivity index (χ1n) is 5.66. The van der Waals surface area contributed by atoms with Gasteiger partial charge in [0, 0.05) is 12.1 Å². The number of hydrogen-bond donors (Lipinski definition) is 2. The highest BCUT2D eigenvalue weighted by Gasteiger charge is 2.24. The van der Waals surface area contributed by atoms with Crippen molar-refractivity contribution in [3.8, 4) is 0 Å². The first-order chi connectivity index (χ1) is 9.13. The summed E-state index contributed by atoms with van der Waals surface area (Å²) in [4.78, 5) is 11.4. The third kappa shape index (κ3) is 4.17. The average molecular weight is 322 g/mol. The molecule has 0 aliphatic rings. The van der Waals surface area contributed by atoms with Crippen molar-refractivity contribution in [2.45, 2.75) is 20.0 Å². The number of nitrogens with two attached hydrogens (primary N) is 1. The van der Waals surface area contributed by atoms with Gasteiger partial charge in [-0.1, -0.05) is 11.6 Å². The van der Waals surface area contributed by atoms with E-state index in [1.54, 1.807) is 18.6 Å². The SMILES string of the molecule is CC(C)OC(=O)NS(=O)(=O)N(C)c1cc(Cl)ccc1N. The molecule has 0 bridgehead atoms. The molecule has 0 aliphatic heterocycles. The second-order valence-corrected chi connectivity index (χ2v) is 6.37. The summed E-state index contributed by atoms with van der Waals surface area (Å²) < 4.78 is 31.3. The normalized spacial score (nSPS) is 11.2. The maximum Gasteiger partial charge on any atom is 0.422 e. The van der Waals surface area contributed by atoms with Crippen LogP contribution in [0.25, 0.3) is 0 Å². The Morgan fingerprint density at radius 3 is 2.60 bits per heavy atom. The van der Waals surface area contributed by atoms with E-state index in [9.17, 15) is 13.2 Å². The summed E-state index contributed by atoms with van der Waals surface area (Å²) >= 11 is 5.80. The number of rotatable bonds is 4. The van der Waals surface area contributed by atoms with Crippen molar-refractivity contribution in [2.75, 3.05) is 17.1 Å². The van der Waals surface area contributed by atoms with E-state index in [0.717, 1.165) is 4.31 Å². The third-order valence-electron chi connectivity index (χ3n) is 2.25. The standard InChI is InChI=1S/C11H16ClN3O4S/c1-7(2)19-11(16)14-20(17,18)15(3)10-6-8(12)4-5-9(10)13/h4-7H,13H2,1-3H3,(H,14,16). The lowest BCUT2D eigenvalue weighted by molar-refractivity contribution is 0.121. The molecule has 0 radical (unpaired) electrons. The molecule has 0 atom stereocenters. The Morgan fingerprint density at radius 1 is 1.45 bits per heavy atom. The highest BCUT2D eigenvalue weighted by molar-refractivity contribution is 7.91. The highest BCUT2D eigenvalue weighted by atomic mass is 35.5. The van der Waals surface area contributed by atoms with Gasteiger partial charge in [0.1, 0.15) is 0 Å². The van der Waals surface area contributed by atoms with Crippen molar-refractivity contribution in [3.63, 3.8) is 0 Å². The van der Waals surface area contributed by atoms with E-state index in [4.69, 9.17) is 22.1 Å². The van der Waals surface area contributed by atoms with Crippen LogP contribution in [0.2, 0.25) is 5.02 Å². The summed E-state index contributed by atoms with van der Waals surface area (Å²) in [5.41, 5.74) is 6.05. The molecular formula is C11H16ClN3O4S. The molecule has 3 N–H and O–H groups in total. The Labute approximate surface area is 122 Å². The van der Waals surface area contributed by atoms with Gasteiger partial charge in [-0.2, -0.15) is 8.42 Å². The first-order valence-corrected chi connectivity index (χ1v) is 7.47. The summed E-state index contributed by atoms with van der Waals surface area (Å²) in [6.45, 7) is 3.20. The highest BCUT2D eigenvalue weighted by Crippen LogP contribution is 2.27. The van der Waals surface area contributed by atoms with Crippen LogP contribution in [0.1, 0.15) is 13.8 Å². The average Bonchev–Trinajstić information content (AvgIpc) is 2.29. The monoisotopic (exact) mass is 321 g/mol. The Bertz CT molecular complexity index is 604. The van der Waals surface area contributed by atoms with Crippen LogP contribution in [0, 0.1) is 0 Å². The third-order valence-corrected chi connectivity index (χ3v) is 3.82. The molecule has 1 aromatic carbocycles. The molecule has 1 aromatic rings. The minimum absolute atomic E-state index is 0.155. The van der Waals surface area contributed by atoms with Crippen LogP contribution >= 0.6 is 11.6 Å². The second-order valence-electron chi connectivity index (χ2n) is 4.23. The van der Waals surface area contributed by atoms with Crippen LogP contribution in [0.4, 0.5) is 16.2 Å². The smallest absolute Gasteiger partial charge is 0.422 e. The minimum atomic E-state index is -4.13. The number of benzene rings is 1. The van der Waals surface area contributed by atoms with E-state index in [1.807, 2.05) is 0 Å². The Kier molecular flexibility index (Phi) is 5.07. The lowest BCUT2D eigenvalue weighted by atomic mass is 10.3. The van der Waals surface area contributed by atoms with Crippen LogP contribution in [0.15, 0.2) is 18.2 Å². The number of nitrogens with one attached hydrogen (secondary N) is 1. The fourth-order valence-electron chi connectivity index (χ4n) is 1.33. The topological polar surface area (TPSA) is 102 Å². The zero-order valence-electron chi connectivity index (χ0n) is 11.3. The number of halogens is 1. The van der Waals surface area contributed by atoms with Crippen molar-refractivity contribution in [1.82, 2.24) is 4.72 Å². The summed E-state index contributed by atoms with van der Waals surface area (Å²) in [5, 5.41) is 0.320. The molecule has 0 heterocycles. The predicted octanol–water partition coefficient (Wildman–Crippen LogP) is 1.74. The van der Waals surface area contributed by atoms with Gasteiger partial charge < -0.3 is 10.5 Å². The first kappa shape index (κ1) is 16.4. The summed E-state index contributed by atoms with van der Waals surface area (Å²) in [6, 6.07) is 4.38. The molecule has 1 amide bonds. The van der Waals surface area contributed by atoms with Crippen LogP contribution in [-0.2, 0) is 14.9 Å². The van der Waals surface area contributed by atoms with Crippen LogP contribution < -0.4 is 14.8 Å². The zero-order chi connectivity index (χ0) is 15.5. The summed E-state index contributed by atoms with van der Waals surface area (Å²) in [7, 11) is -2.88. The Balaban J connectivity index is 2.97. The molecule has 0 fully saturated rings. The van der Waals surface area contributed by atoms with E-state index >= 15 is 0 Å². The van der Waals surface area contributed by atoms with Gasteiger partial charge in [0.05, 0.1) is 17.5 Å². The minimum Gasteiger partial charge on any atom is -0.446 e. The predicted molar refractivity (Wildman–Crippen MR) is 77.9 cm³/mol. The Hall–Kier alpha value is -1.67. The molecule has 0 aromatic heterocycles. The number of nitrogens with zero attached hydrogens (tertiary/aromatic N) is 1. The van der Waals surface area contributed by atoms with Gasteiger partial charge in [-0.3, -0.25) is 4.31 Å². The molecule has 112 valence electrons. The number of anilines is 2. The van der Waals surface area contributed by atoms with Gasteiger partial charge >= 0.3 is 16.3 Å². The number of amides is 1. The molecule has 0 spiro atoms. The maximum absolute atomic E-state index is 12.0. The van der Waals surface area contributed by atoms with Gasteiger partial charge in [-0.05, 0) is 32.0 Å². The lowest BCUT2D eigenvalue weighted by Crippen LogP contribution is -2.42. The largest absolute Gasteiger partial charge is 0.446 e. The summed E-state index contributed by atoms with van der Waals surface area (Å²) in [5.74, 6) is 0. The van der Waals surface area contributed by atoms with Gasteiger partial charge in [0.15, 0.2) is 0 Å². The van der Waals surface area contributed by atoms with Gasteiger partial charge in [-0.25, -0.2) is 9.52 Å². The van der Waals surface area contributed by atoms with Crippen molar-refractivity contribution >= 4 is 39.3 Å². The zero-order valence-corrected chi connectivity index (χ0v) is 12.8. The summed E-state index contributed by atoms with van der Waals surface area (Å²) in [6.07, 6.45) is -1.50. The molecule has 0 unspecified atom stereocenters. The number of carbonyl (C=O) groups excluding carboxylic acids is 1. The number of carbonyl (C=O) groups is 1. The van der Waals surface area contributed by atoms with Crippen LogP contribution in [0.5, 0.6) is 0 Å². The second kappa shape index (κ2) is 6.19.